The smallest absolute Gasteiger partial charge is 0.256 e. The maximum absolute atomic E-state index is 13.5. The molecule has 3 heterocycles. The van der Waals surface area contributed by atoms with Gasteiger partial charge in [0.25, 0.3) is 5.91 Å². The Morgan fingerprint density at radius 1 is 1.33 bits per heavy atom. The molecule has 1 aliphatic rings. The standard InChI is InChI=1S/C16H13FN4O2S/c17-11-1-2-13-10(7-11)9-24-14-3-5-21-15(20-14)12(8-19-21)16(22)18-4-6-23-13/h1-3,5,7-8H,4,6,9H2,(H,18,22). The fourth-order valence-electron chi connectivity index (χ4n) is 2.47. The number of aromatic nitrogens is 3. The van der Waals surface area contributed by atoms with Crippen LogP contribution >= 0.6 is 11.8 Å². The Morgan fingerprint density at radius 2 is 2.25 bits per heavy atom. The molecule has 0 saturated heterocycles. The van der Waals surface area contributed by atoms with Crippen LogP contribution in [0.1, 0.15) is 15.9 Å². The second kappa shape index (κ2) is 6.12. The molecule has 0 atom stereocenters. The molecule has 4 rings (SSSR count). The zero-order valence-corrected chi connectivity index (χ0v) is 13.3. The van der Waals surface area contributed by atoms with Crippen molar-refractivity contribution >= 4 is 23.3 Å². The van der Waals surface area contributed by atoms with Crippen molar-refractivity contribution in [2.75, 3.05) is 13.2 Å². The zero-order valence-electron chi connectivity index (χ0n) is 12.5. The minimum Gasteiger partial charge on any atom is -0.491 e. The highest BCUT2D eigenvalue weighted by Crippen LogP contribution is 2.28. The number of rotatable bonds is 0. The van der Waals surface area contributed by atoms with Crippen LogP contribution in [-0.2, 0) is 5.75 Å². The molecule has 24 heavy (non-hydrogen) atoms. The number of thioether (sulfide) groups is 1. The van der Waals surface area contributed by atoms with Gasteiger partial charge in [0.1, 0.15) is 28.8 Å². The number of carbonyl (C=O) groups excluding carboxylic acids is 1. The fraction of sp³-hybridized carbons (Fsp3) is 0.188. The van der Waals surface area contributed by atoms with Crippen LogP contribution in [0.5, 0.6) is 5.75 Å². The van der Waals surface area contributed by atoms with Crippen LogP contribution in [0.2, 0.25) is 0 Å². The Bertz CT molecular complexity index is 928. The average Bonchev–Trinajstić information content (AvgIpc) is 3.00. The highest BCUT2D eigenvalue weighted by Gasteiger charge is 2.16. The highest BCUT2D eigenvalue weighted by atomic mass is 32.2. The number of ether oxygens (including phenoxy) is 1. The maximum atomic E-state index is 13.5. The third kappa shape index (κ3) is 2.80. The van der Waals surface area contributed by atoms with E-state index in [1.165, 1.54) is 30.1 Å². The summed E-state index contributed by atoms with van der Waals surface area (Å²) in [6, 6.07) is 6.25. The molecule has 8 heteroatoms. The lowest BCUT2D eigenvalue weighted by atomic mass is 10.2. The topological polar surface area (TPSA) is 68.5 Å². The molecule has 0 radical (unpaired) electrons. The normalized spacial score (nSPS) is 15.0. The highest BCUT2D eigenvalue weighted by molar-refractivity contribution is 7.98. The van der Waals surface area contributed by atoms with Gasteiger partial charge in [-0.15, -0.1) is 11.8 Å². The molecule has 0 fully saturated rings. The first-order valence-corrected chi connectivity index (χ1v) is 8.36. The lowest BCUT2D eigenvalue weighted by molar-refractivity contribution is 0.0948. The van der Waals surface area contributed by atoms with E-state index in [4.69, 9.17) is 4.74 Å². The van der Waals surface area contributed by atoms with Gasteiger partial charge in [-0.25, -0.2) is 13.9 Å². The summed E-state index contributed by atoms with van der Waals surface area (Å²) in [5.74, 6) is 0.571. The Balaban J connectivity index is 1.75. The summed E-state index contributed by atoms with van der Waals surface area (Å²) in [4.78, 5) is 16.8. The van der Waals surface area contributed by atoms with Crippen LogP contribution < -0.4 is 10.1 Å². The van der Waals surface area contributed by atoms with Crippen molar-refractivity contribution in [3.63, 3.8) is 0 Å². The van der Waals surface area contributed by atoms with E-state index < -0.39 is 0 Å². The molecule has 2 bridgehead atoms. The van der Waals surface area contributed by atoms with E-state index in [2.05, 4.69) is 15.4 Å². The lowest BCUT2D eigenvalue weighted by Gasteiger charge is -2.11. The van der Waals surface area contributed by atoms with Gasteiger partial charge in [0, 0.05) is 17.5 Å². The second-order valence-electron chi connectivity index (χ2n) is 5.24. The van der Waals surface area contributed by atoms with Crippen LogP contribution in [0.15, 0.2) is 41.7 Å². The van der Waals surface area contributed by atoms with Crippen LogP contribution in [0.4, 0.5) is 4.39 Å². The first-order chi connectivity index (χ1) is 11.7. The average molecular weight is 344 g/mol. The monoisotopic (exact) mass is 344 g/mol. The first kappa shape index (κ1) is 14.9. The van der Waals surface area contributed by atoms with E-state index in [0.717, 1.165) is 10.6 Å². The van der Waals surface area contributed by atoms with E-state index in [1.54, 1.807) is 16.8 Å². The van der Waals surface area contributed by atoms with E-state index in [1.807, 2.05) is 6.07 Å². The van der Waals surface area contributed by atoms with Gasteiger partial charge < -0.3 is 10.1 Å². The van der Waals surface area contributed by atoms with E-state index in [-0.39, 0.29) is 11.7 Å². The van der Waals surface area contributed by atoms with Crippen molar-refractivity contribution < 1.29 is 13.9 Å². The number of nitrogens with zero attached hydrogens (tertiary/aromatic N) is 3. The van der Waals surface area contributed by atoms with E-state index >= 15 is 0 Å². The quantitative estimate of drug-likeness (QED) is 0.634. The predicted molar refractivity (Wildman–Crippen MR) is 86.8 cm³/mol. The van der Waals surface area contributed by atoms with Crippen LogP contribution in [0, 0.1) is 5.82 Å². The van der Waals surface area contributed by atoms with Gasteiger partial charge in [-0.2, -0.15) is 5.10 Å². The molecule has 1 amide bonds. The van der Waals surface area contributed by atoms with Crippen molar-refractivity contribution in [3.8, 4) is 5.75 Å². The number of nitrogens with one attached hydrogen (secondary N) is 1. The van der Waals surface area contributed by atoms with Gasteiger partial charge in [0.05, 0.1) is 12.7 Å². The lowest BCUT2D eigenvalue weighted by Crippen LogP contribution is -2.28. The largest absolute Gasteiger partial charge is 0.491 e. The number of hydrogen-bond acceptors (Lipinski definition) is 5. The van der Waals surface area contributed by atoms with Crippen molar-refractivity contribution in [2.45, 2.75) is 10.8 Å². The molecular weight excluding hydrogens is 331 g/mol. The number of halogens is 1. The molecule has 122 valence electrons. The summed E-state index contributed by atoms with van der Waals surface area (Å²) in [7, 11) is 0. The Kier molecular flexibility index (Phi) is 3.81. The maximum Gasteiger partial charge on any atom is 0.256 e. The molecule has 0 unspecified atom stereocenters. The van der Waals surface area contributed by atoms with Gasteiger partial charge in [-0.1, -0.05) is 0 Å². The molecule has 6 nitrogen and oxygen atoms in total. The number of hydrogen-bond donors (Lipinski definition) is 1. The summed E-state index contributed by atoms with van der Waals surface area (Å²) >= 11 is 1.45. The Labute approximate surface area is 141 Å². The van der Waals surface area contributed by atoms with Gasteiger partial charge in [0.2, 0.25) is 0 Å². The Morgan fingerprint density at radius 3 is 3.17 bits per heavy atom. The van der Waals surface area contributed by atoms with E-state index in [0.29, 0.717) is 35.9 Å². The third-order valence-electron chi connectivity index (χ3n) is 3.63. The minimum absolute atomic E-state index is 0.248. The van der Waals surface area contributed by atoms with Gasteiger partial charge in [-0.3, -0.25) is 4.79 Å². The van der Waals surface area contributed by atoms with Gasteiger partial charge in [-0.05, 0) is 24.3 Å². The number of fused-ring (bicyclic) bond motifs is 2. The van der Waals surface area contributed by atoms with Crippen molar-refractivity contribution in [2.24, 2.45) is 0 Å². The summed E-state index contributed by atoms with van der Waals surface area (Å²) in [6.45, 7) is 0.629. The summed E-state index contributed by atoms with van der Waals surface area (Å²) in [5.41, 5.74) is 1.67. The summed E-state index contributed by atoms with van der Waals surface area (Å²) < 4.78 is 20.8. The van der Waals surface area contributed by atoms with Crippen molar-refractivity contribution in [1.29, 1.82) is 0 Å². The molecule has 1 aliphatic heterocycles. The number of benzene rings is 1. The molecule has 2 aromatic heterocycles. The summed E-state index contributed by atoms with van der Waals surface area (Å²) in [5, 5.41) is 7.64. The summed E-state index contributed by atoms with van der Waals surface area (Å²) in [6.07, 6.45) is 3.25. The van der Waals surface area contributed by atoms with Crippen LogP contribution in [0.25, 0.3) is 5.65 Å². The zero-order chi connectivity index (χ0) is 16.5. The van der Waals surface area contributed by atoms with Crippen molar-refractivity contribution in [3.05, 3.63) is 53.6 Å². The molecule has 3 aromatic rings. The third-order valence-corrected chi connectivity index (χ3v) is 4.61. The van der Waals surface area contributed by atoms with Crippen LogP contribution in [-0.4, -0.2) is 33.7 Å². The SMILES string of the molecule is O=C1NCCOc2ccc(F)cc2CSc2ccn3ncc1c3n2. The number of carbonyl (C=O) groups is 1. The molecule has 1 N–H and O–H groups in total. The predicted octanol–water partition coefficient (Wildman–Crippen LogP) is 2.28. The Hall–Kier alpha value is -2.61. The second-order valence-corrected chi connectivity index (χ2v) is 6.23. The molecular formula is C16H13FN4O2S. The fourth-order valence-corrected chi connectivity index (χ4v) is 3.30. The number of amides is 1. The molecule has 1 aromatic carbocycles. The molecule has 0 aliphatic carbocycles. The van der Waals surface area contributed by atoms with Gasteiger partial charge >= 0.3 is 0 Å². The first-order valence-electron chi connectivity index (χ1n) is 7.37. The minimum atomic E-state index is -0.308. The van der Waals surface area contributed by atoms with E-state index in [9.17, 15) is 9.18 Å². The van der Waals surface area contributed by atoms with Crippen LogP contribution in [0.3, 0.4) is 0 Å². The van der Waals surface area contributed by atoms with Gasteiger partial charge in [0.15, 0.2) is 5.65 Å². The molecule has 0 saturated carbocycles. The van der Waals surface area contributed by atoms with Crippen molar-refractivity contribution in [1.82, 2.24) is 19.9 Å². The molecule has 0 spiro atoms.